The molecule has 1 amide bonds. The number of H-pyrrole nitrogens is 1. The van der Waals surface area contributed by atoms with Crippen LogP contribution in [-0.2, 0) is 11.4 Å². The van der Waals surface area contributed by atoms with Crippen molar-refractivity contribution in [2.45, 2.75) is 11.8 Å². The van der Waals surface area contributed by atoms with Gasteiger partial charge in [-0.15, -0.1) is 5.10 Å². The predicted octanol–water partition coefficient (Wildman–Crippen LogP) is 1.62. The van der Waals surface area contributed by atoms with Gasteiger partial charge in [0.2, 0.25) is 11.1 Å². The van der Waals surface area contributed by atoms with Gasteiger partial charge < -0.3 is 4.74 Å². The number of nitrogens with two attached hydrogens (primary N) is 1. The Morgan fingerprint density at radius 2 is 2.09 bits per heavy atom. The Labute approximate surface area is 136 Å². The number of hydrogen-bond acceptors (Lipinski definition) is 6. The zero-order valence-electron chi connectivity index (χ0n) is 12.2. The number of thioether (sulfide) groups is 1. The highest BCUT2D eigenvalue weighted by molar-refractivity contribution is 7.99. The minimum absolute atomic E-state index is 0.166. The maximum Gasteiger partial charge on any atom is 0.244 e. The number of carbonyl (C=O) groups is 1. The first-order chi connectivity index (χ1) is 11.2. The van der Waals surface area contributed by atoms with E-state index in [2.05, 4.69) is 26.7 Å². The molecule has 0 spiro atoms. The molecule has 0 fully saturated rings. The number of hydrazine groups is 1. The van der Waals surface area contributed by atoms with Gasteiger partial charge in [-0.1, -0.05) is 42.1 Å². The summed E-state index contributed by atoms with van der Waals surface area (Å²) in [6.45, 7) is 0.273. The molecule has 0 aliphatic carbocycles. The number of nitrogens with zero attached hydrogens (tertiary/aromatic N) is 2. The van der Waals surface area contributed by atoms with Gasteiger partial charge in [0.25, 0.3) is 0 Å². The van der Waals surface area contributed by atoms with Crippen LogP contribution in [-0.4, -0.2) is 26.8 Å². The highest BCUT2D eigenvalue weighted by Gasteiger charge is 2.07. The molecule has 0 saturated carbocycles. The summed E-state index contributed by atoms with van der Waals surface area (Å²) in [4.78, 5) is 15.3. The molecule has 0 saturated heterocycles. The van der Waals surface area contributed by atoms with Crippen LogP contribution in [0.4, 0.5) is 0 Å². The number of carbonyl (C=O) groups excluding carboxylic acids is 1. The van der Waals surface area contributed by atoms with E-state index < -0.39 is 0 Å². The van der Waals surface area contributed by atoms with E-state index in [4.69, 9.17) is 10.6 Å². The molecule has 3 aromatic rings. The van der Waals surface area contributed by atoms with Crippen LogP contribution in [0.1, 0.15) is 5.82 Å². The summed E-state index contributed by atoms with van der Waals surface area (Å²) in [6.07, 6.45) is 0. The number of amides is 1. The standard InChI is InChI=1S/C15H15N5O2S/c16-18-14(21)9-23-15-17-13(19-20-15)8-22-12-6-5-10-3-1-2-4-11(10)7-12/h1-7H,8-9,16H2,(H,18,21)(H,17,19,20). The van der Waals surface area contributed by atoms with Gasteiger partial charge in [-0.2, -0.15) is 0 Å². The molecule has 0 aliphatic rings. The molecule has 7 nitrogen and oxygen atoms in total. The van der Waals surface area contributed by atoms with Crippen LogP contribution in [0.15, 0.2) is 47.6 Å². The van der Waals surface area contributed by atoms with Crippen LogP contribution in [0.25, 0.3) is 10.8 Å². The zero-order valence-corrected chi connectivity index (χ0v) is 13.0. The van der Waals surface area contributed by atoms with Crippen molar-refractivity contribution in [3.8, 4) is 5.75 Å². The number of aromatic amines is 1. The molecule has 3 rings (SSSR count). The lowest BCUT2D eigenvalue weighted by molar-refractivity contribution is -0.118. The second-order valence-electron chi connectivity index (χ2n) is 4.72. The Bertz CT molecular complexity index is 820. The number of aromatic nitrogens is 3. The molecule has 23 heavy (non-hydrogen) atoms. The third-order valence-corrected chi connectivity index (χ3v) is 3.95. The van der Waals surface area contributed by atoms with Crippen molar-refractivity contribution in [2.24, 2.45) is 5.84 Å². The molecule has 8 heteroatoms. The summed E-state index contributed by atoms with van der Waals surface area (Å²) in [5.41, 5.74) is 2.05. The Morgan fingerprint density at radius 3 is 2.91 bits per heavy atom. The molecule has 4 N–H and O–H groups in total. The topological polar surface area (TPSA) is 106 Å². The van der Waals surface area contributed by atoms with E-state index in [1.807, 2.05) is 36.4 Å². The summed E-state index contributed by atoms with van der Waals surface area (Å²) in [5.74, 6) is 6.25. The SMILES string of the molecule is NNC(=O)CSc1n[nH]c(COc2ccc3ccccc3c2)n1. The van der Waals surface area contributed by atoms with Crippen LogP contribution < -0.4 is 16.0 Å². The predicted molar refractivity (Wildman–Crippen MR) is 87.7 cm³/mol. The van der Waals surface area contributed by atoms with Crippen molar-refractivity contribution in [3.05, 3.63) is 48.3 Å². The molecule has 0 atom stereocenters. The number of rotatable bonds is 6. The highest BCUT2D eigenvalue weighted by atomic mass is 32.2. The fourth-order valence-electron chi connectivity index (χ4n) is 1.99. The van der Waals surface area contributed by atoms with Gasteiger partial charge in [-0.25, -0.2) is 10.8 Å². The van der Waals surface area contributed by atoms with E-state index in [0.29, 0.717) is 11.0 Å². The van der Waals surface area contributed by atoms with E-state index in [1.54, 1.807) is 0 Å². The second kappa shape index (κ2) is 7.12. The smallest absolute Gasteiger partial charge is 0.244 e. The van der Waals surface area contributed by atoms with E-state index in [0.717, 1.165) is 16.5 Å². The number of benzene rings is 2. The van der Waals surface area contributed by atoms with Gasteiger partial charge in [0.1, 0.15) is 12.4 Å². The maximum atomic E-state index is 11.1. The van der Waals surface area contributed by atoms with E-state index in [9.17, 15) is 4.79 Å². The van der Waals surface area contributed by atoms with Crippen molar-refractivity contribution in [2.75, 3.05) is 5.75 Å². The van der Waals surface area contributed by atoms with Crippen LogP contribution in [0.5, 0.6) is 5.75 Å². The molecule has 1 aromatic heterocycles. The van der Waals surface area contributed by atoms with Crippen LogP contribution >= 0.6 is 11.8 Å². The monoisotopic (exact) mass is 329 g/mol. The third kappa shape index (κ3) is 3.99. The molecule has 2 aromatic carbocycles. The highest BCUT2D eigenvalue weighted by Crippen LogP contribution is 2.21. The summed E-state index contributed by atoms with van der Waals surface area (Å²) in [6, 6.07) is 14.0. The normalized spacial score (nSPS) is 10.7. The van der Waals surface area contributed by atoms with Crippen molar-refractivity contribution in [1.29, 1.82) is 0 Å². The second-order valence-corrected chi connectivity index (χ2v) is 5.66. The average Bonchev–Trinajstić information content (AvgIpc) is 3.05. The Kier molecular flexibility index (Phi) is 4.74. The molecule has 0 radical (unpaired) electrons. The molecule has 1 heterocycles. The van der Waals surface area contributed by atoms with Gasteiger partial charge in [0.15, 0.2) is 5.82 Å². The van der Waals surface area contributed by atoms with E-state index in [1.165, 1.54) is 11.8 Å². The van der Waals surface area contributed by atoms with Gasteiger partial charge in [-0.05, 0) is 22.9 Å². The summed E-state index contributed by atoms with van der Waals surface area (Å²) >= 11 is 1.20. The molecular formula is C15H15N5O2S. The Balaban J connectivity index is 1.59. The zero-order chi connectivity index (χ0) is 16.1. The maximum absolute atomic E-state index is 11.1. The average molecular weight is 329 g/mol. The third-order valence-electron chi connectivity index (χ3n) is 3.10. The van der Waals surface area contributed by atoms with Gasteiger partial charge in [0, 0.05) is 0 Å². The first-order valence-corrected chi connectivity index (χ1v) is 7.88. The molecule has 0 unspecified atom stereocenters. The fraction of sp³-hybridized carbons (Fsp3) is 0.133. The van der Waals surface area contributed by atoms with Gasteiger partial charge in [0.05, 0.1) is 5.75 Å². The fourth-order valence-corrected chi connectivity index (χ4v) is 2.62. The van der Waals surface area contributed by atoms with Crippen molar-refractivity contribution in [1.82, 2.24) is 20.6 Å². The van der Waals surface area contributed by atoms with E-state index in [-0.39, 0.29) is 18.3 Å². The van der Waals surface area contributed by atoms with Crippen molar-refractivity contribution in [3.63, 3.8) is 0 Å². The Morgan fingerprint density at radius 1 is 1.26 bits per heavy atom. The minimum atomic E-state index is -0.284. The van der Waals surface area contributed by atoms with Crippen LogP contribution in [0.2, 0.25) is 0 Å². The lowest BCUT2D eigenvalue weighted by atomic mass is 10.1. The largest absolute Gasteiger partial charge is 0.486 e. The summed E-state index contributed by atoms with van der Waals surface area (Å²) < 4.78 is 5.72. The van der Waals surface area contributed by atoms with Gasteiger partial charge >= 0.3 is 0 Å². The first kappa shape index (κ1) is 15.3. The molecule has 0 bridgehead atoms. The van der Waals surface area contributed by atoms with Crippen molar-refractivity contribution < 1.29 is 9.53 Å². The van der Waals surface area contributed by atoms with Gasteiger partial charge in [-0.3, -0.25) is 15.3 Å². The molecular weight excluding hydrogens is 314 g/mol. The lowest BCUT2D eigenvalue weighted by Gasteiger charge is -2.05. The van der Waals surface area contributed by atoms with Crippen LogP contribution in [0, 0.1) is 0 Å². The summed E-state index contributed by atoms with van der Waals surface area (Å²) in [5, 5.41) is 9.55. The number of hydrogen-bond donors (Lipinski definition) is 3. The Hall–Kier alpha value is -2.58. The number of fused-ring (bicyclic) bond motifs is 1. The van der Waals surface area contributed by atoms with E-state index >= 15 is 0 Å². The first-order valence-electron chi connectivity index (χ1n) is 6.90. The minimum Gasteiger partial charge on any atom is -0.486 e. The number of ether oxygens (including phenoxy) is 1. The van der Waals surface area contributed by atoms with Crippen LogP contribution in [0.3, 0.4) is 0 Å². The molecule has 118 valence electrons. The van der Waals surface area contributed by atoms with Crippen molar-refractivity contribution >= 4 is 28.4 Å². The number of nitrogens with one attached hydrogen (secondary N) is 2. The quantitative estimate of drug-likeness (QED) is 0.275. The molecule has 0 aliphatic heterocycles. The lowest BCUT2D eigenvalue weighted by Crippen LogP contribution is -2.31. The summed E-state index contributed by atoms with van der Waals surface area (Å²) in [7, 11) is 0.